The monoisotopic (exact) mass is 385 g/mol. The summed E-state index contributed by atoms with van der Waals surface area (Å²) in [5.41, 5.74) is 1.39. The SMILES string of the molecule is O=C(CN(Cc1ccco1)Cc1ccco1)NC(=O)NCCC1=CCCCC1. The Morgan fingerprint density at radius 2 is 1.75 bits per heavy atom. The van der Waals surface area contributed by atoms with Gasteiger partial charge in [0.15, 0.2) is 0 Å². The standard InChI is InChI=1S/C21H27N3O4/c25-20(23-21(26)22-11-10-17-6-2-1-3-7-17)16-24(14-18-8-4-12-27-18)15-19-9-5-13-28-19/h4-6,8-9,12-13H,1-3,7,10-11,14-16H2,(H2,22,23,25,26). The third-order valence-corrected chi connectivity index (χ3v) is 4.66. The second-order valence-corrected chi connectivity index (χ2v) is 6.97. The van der Waals surface area contributed by atoms with Gasteiger partial charge in [0.05, 0.1) is 32.2 Å². The number of furan rings is 2. The number of rotatable bonds is 9. The minimum atomic E-state index is -0.461. The zero-order chi connectivity index (χ0) is 19.6. The van der Waals surface area contributed by atoms with Gasteiger partial charge in [-0.3, -0.25) is 15.0 Å². The highest BCUT2D eigenvalue weighted by atomic mass is 16.3. The second-order valence-electron chi connectivity index (χ2n) is 6.97. The maximum atomic E-state index is 12.3. The van der Waals surface area contributed by atoms with E-state index in [1.165, 1.54) is 18.4 Å². The molecule has 0 fully saturated rings. The number of hydrogen-bond acceptors (Lipinski definition) is 5. The van der Waals surface area contributed by atoms with Crippen molar-refractivity contribution in [1.29, 1.82) is 0 Å². The molecule has 7 nitrogen and oxygen atoms in total. The van der Waals surface area contributed by atoms with Crippen LogP contribution in [0.1, 0.15) is 43.6 Å². The number of allylic oxidation sites excluding steroid dienone is 1. The Balaban J connectivity index is 1.44. The highest BCUT2D eigenvalue weighted by Gasteiger charge is 2.16. The Labute approximate surface area is 164 Å². The van der Waals surface area contributed by atoms with Gasteiger partial charge >= 0.3 is 6.03 Å². The van der Waals surface area contributed by atoms with Gasteiger partial charge in [0.25, 0.3) is 0 Å². The molecule has 3 amide bonds. The zero-order valence-electron chi connectivity index (χ0n) is 16.0. The molecule has 0 saturated heterocycles. The Morgan fingerprint density at radius 3 is 2.32 bits per heavy atom. The van der Waals surface area contributed by atoms with Crippen molar-refractivity contribution in [3.63, 3.8) is 0 Å². The minimum absolute atomic E-state index is 0.0555. The first-order valence-corrected chi connectivity index (χ1v) is 9.72. The minimum Gasteiger partial charge on any atom is -0.468 e. The van der Waals surface area contributed by atoms with Crippen molar-refractivity contribution in [2.45, 2.75) is 45.2 Å². The van der Waals surface area contributed by atoms with Gasteiger partial charge < -0.3 is 14.2 Å². The fraction of sp³-hybridized carbons (Fsp3) is 0.429. The smallest absolute Gasteiger partial charge is 0.321 e. The summed E-state index contributed by atoms with van der Waals surface area (Å²) in [6.07, 6.45) is 11.0. The van der Waals surface area contributed by atoms with Crippen LogP contribution in [0, 0.1) is 0 Å². The van der Waals surface area contributed by atoms with Gasteiger partial charge in [-0.2, -0.15) is 0 Å². The second kappa shape index (κ2) is 10.5. The molecule has 2 aromatic heterocycles. The van der Waals surface area contributed by atoms with E-state index in [4.69, 9.17) is 8.83 Å². The largest absolute Gasteiger partial charge is 0.468 e. The number of carbonyl (C=O) groups is 2. The quantitative estimate of drug-likeness (QED) is 0.644. The molecule has 0 spiro atoms. The summed E-state index contributed by atoms with van der Waals surface area (Å²) in [5.74, 6) is 1.11. The molecule has 7 heteroatoms. The van der Waals surface area contributed by atoms with Gasteiger partial charge in [-0.1, -0.05) is 11.6 Å². The lowest BCUT2D eigenvalue weighted by Gasteiger charge is -2.19. The van der Waals surface area contributed by atoms with Gasteiger partial charge in [-0.05, 0) is 56.4 Å². The summed E-state index contributed by atoms with van der Waals surface area (Å²) in [7, 11) is 0. The molecule has 2 heterocycles. The molecule has 0 unspecified atom stereocenters. The van der Waals surface area contributed by atoms with Crippen LogP contribution < -0.4 is 10.6 Å². The highest BCUT2D eigenvalue weighted by Crippen LogP contribution is 2.19. The number of carbonyl (C=O) groups excluding carboxylic acids is 2. The molecule has 0 bridgehead atoms. The zero-order valence-corrected chi connectivity index (χ0v) is 16.0. The van der Waals surface area contributed by atoms with Gasteiger partial charge in [-0.25, -0.2) is 4.79 Å². The number of amides is 3. The highest BCUT2D eigenvalue weighted by molar-refractivity contribution is 5.95. The van der Waals surface area contributed by atoms with Crippen molar-refractivity contribution in [2.75, 3.05) is 13.1 Å². The summed E-state index contributed by atoms with van der Waals surface area (Å²) in [4.78, 5) is 26.1. The van der Waals surface area contributed by atoms with Crippen LogP contribution in [0.5, 0.6) is 0 Å². The number of urea groups is 1. The molecular formula is C21H27N3O4. The molecule has 28 heavy (non-hydrogen) atoms. The topological polar surface area (TPSA) is 87.7 Å². The fourth-order valence-electron chi connectivity index (χ4n) is 3.30. The molecular weight excluding hydrogens is 358 g/mol. The van der Waals surface area contributed by atoms with Crippen LogP contribution in [0.2, 0.25) is 0 Å². The van der Waals surface area contributed by atoms with E-state index in [1.54, 1.807) is 24.7 Å². The first-order chi connectivity index (χ1) is 13.7. The molecule has 1 aliphatic rings. The number of hydrogen-bond donors (Lipinski definition) is 2. The first kappa shape index (κ1) is 19.9. The average Bonchev–Trinajstić information content (AvgIpc) is 3.36. The molecule has 2 aromatic rings. The Kier molecular flexibility index (Phi) is 7.49. The maximum Gasteiger partial charge on any atom is 0.321 e. The van der Waals surface area contributed by atoms with Crippen LogP contribution in [-0.2, 0) is 17.9 Å². The molecule has 0 aliphatic heterocycles. The summed E-state index contributed by atoms with van der Waals surface area (Å²) in [5, 5.41) is 5.15. The summed E-state index contributed by atoms with van der Waals surface area (Å²) in [6.45, 7) is 1.47. The van der Waals surface area contributed by atoms with Gasteiger partial charge in [0, 0.05) is 6.54 Å². The lowest BCUT2D eigenvalue weighted by Crippen LogP contribution is -2.44. The van der Waals surface area contributed by atoms with Crippen LogP contribution in [0.4, 0.5) is 4.79 Å². The Hall–Kier alpha value is -2.80. The Morgan fingerprint density at radius 1 is 1.04 bits per heavy atom. The third-order valence-electron chi connectivity index (χ3n) is 4.66. The molecule has 3 rings (SSSR count). The fourth-order valence-corrected chi connectivity index (χ4v) is 3.30. The number of imide groups is 1. The maximum absolute atomic E-state index is 12.3. The van der Waals surface area contributed by atoms with E-state index < -0.39 is 6.03 Å². The van der Waals surface area contributed by atoms with Gasteiger partial charge in [0.1, 0.15) is 11.5 Å². The van der Waals surface area contributed by atoms with Crippen LogP contribution >= 0.6 is 0 Å². The van der Waals surface area contributed by atoms with E-state index in [9.17, 15) is 9.59 Å². The Bertz CT molecular complexity index is 729. The van der Waals surface area contributed by atoms with E-state index in [0.717, 1.165) is 30.8 Å². The lowest BCUT2D eigenvalue weighted by atomic mass is 9.97. The van der Waals surface area contributed by atoms with Crippen LogP contribution in [0.25, 0.3) is 0 Å². The van der Waals surface area contributed by atoms with E-state index in [1.807, 2.05) is 17.0 Å². The van der Waals surface area contributed by atoms with Crippen molar-refractivity contribution in [3.8, 4) is 0 Å². The molecule has 0 saturated carbocycles. The first-order valence-electron chi connectivity index (χ1n) is 9.72. The predicted molar refractivity (Wildman–Crippen MR) is 104 cm³/mol. The van der Waals surface area contributed by atoms with Gasteiger partial charge in [-0.15, -0.1) is 0 Å². The van der Waals surface area contributed by atoms with Crippen LogP contribution in [-0.4, -0.2) is 29.9 Å². The normalized spacial score (nSPS) is 14.0. The lowest BCUT2D eigenvalue weighted by molar-refractivity contribution is -0.121. The number of nitrogens with one attached hydrogen (secondary N) is 2. The van der Waals surface area contributed by atoms with Crippen molar-refractivity contribution in [1.82, 2.24) is 15.5 Å². The molecule has 150 valence electrons. The molecule has 0 radical (unpaired) electrons. The van der Waals surface area contributed by atoms with E-state index in [-0.39, 0.29) is 12.5 Å². The van der Waals surface area contributed by atoms with Crippen molar-refractivity contribution >= 4 is 11.9 Å². The van der Waals surface area contributed by atoms with Crippen molar-refractivity contribution in [3.05, 3.63) is 60.0 Å². The average molecular weight is 385 g/mol. The molecule has 0 atom stereocenters. The number of nitrogens with zero attached hydrogens (tertiary/aromatic N) is 1. The third kappa shape index (κ3) is 6.74. The van der Waals surface area contributed by atoms with Crippen molar-refractivity contribution < 1.29 is 18.4 Å². The van der Waals surface area contributed by atoms with Crippen LogP contribution in [0.3, 0.4) is 0 Å². The van der Waals surface area contributed by atoms with E-state index >= 15 is 0 Å². The molecule has 0 aromatic carbocycles. The van der Waals surface area contributed by atoms with Crippen LogP contribution in [0.15, 0.2) is 57.3 Å². The predicted octanol–water partition coefficient (Wildman–Crippen LogP) is 3.59. The summed E-state index contributed by atoms with van der Waals surface area (Å²) < 4.78 is 10.7. The van der Waals surface area contributed by atoms with Crippen molar-refractivity contribution in [2.24, 2.45) is 0 Å². The molecule has 2 N–H and O–H groups in total. The van der Waals surface area contributed by atoms with Gasteiger partial charge in [0.2, 0.25) is 5.91 Å². The molecule has 1 aliphatic carbocycles. The van der Waals surface area contributed by atoms with E-state index in [0.29, 0.717) is 19.6 Å². The van der Waals surface area contributed by atoms with E-state index in [2.05, 4.69) is 16.7 Å². The summed E-state index contributed by atoms with van der Waals surface area (Å²) >= 11 is 0. The summed E-state index contributed by atoms with van der Waals surface area (Å²) in [6, 6.07) is 6.84.